The Morgan fingerprint density at radius 3 is 3.00 bits per heavy atom. The van der Waals surface area contributed by atoms with Crippen LogP contribution in [0.5, 0.6) is 0 Å². The van der Waals surface area contributed by atoms with E-state index in [1.54, 1.807) is 0 Å². The quantitative estimate of drug-likeness (QED) is 0.873. The van der Waals surface area contributed by atoms with Crippen LogP contribution in [0.4, 0.5) is 5.82 Å². The van der Waals surface area contributed by atoms with Gasteiger partial charge in [-0.25, -0.2) is 9.78 Å². The first-order valence-corrected chi connectivity index (χ1v) is 6.11. The molecule has 1 unspecified atom stereocenters. The maximum absolute atomic E-state index is 10.8. The highest BCUT2D eigenvalue weighted by Crippen LogP contribution is 2.34. The van der Waals surface area contributed by atoms with Crippen LogP contribution in [0, 0.1) is 0 Å². The van der Waals surface area contributed by atoms with Gasteiger partial charge in [-0.05, 0) is 17.5 Å². The number of carboxylic acid groups (broad SMARTS) is 1. The Balaban J connectivity index is 1.65. The third-order valence-corrected chi connectivity index (χ3v) is 3.34. The lowest BCUT2D eigenvalue weighted by molar-refractivity contribution is 0.0690. The normalized spacial score (nSPS) is 16.3. The fourth-order valence-corrected chi connectivity index (χ4v) is 2.33. The van der Waals surface area contributed by atoms with Crippen LogP contribution in [0.25, 0.3) is 0 Å². The summed E-state index contributed by atoms with van der Waals surface area (Å²) in [7, 11) is 0. The molecule has 0 saturated carbocycles. The second kappa shape index (κ2) is 4.68. The van der Waals surface area contributed by atoms with Gasteiger partial charge in [0.2, 0.25) is 0 Å². The zero-order valence-corrected chi connectivity index (χ0v) is 10.2. The number of nitrogens with one attached hydrogen (secondary N) is 1. The third-order valence-electron chi connectivity index (χ3n) is 3.34. The molecular formula is C14H13N3O2. The van der Waals surface area contributed by atoms with Gasteiger partial charge >= 0.3 is 5.97 Å². The van der Waals surface area contributed by atoms with Gasteiger partial charge in [0.25, 0.3) is 0 Å². The summed E-state index contributed by atoms with van der Waals surface area (Å²) < 4.78 is 0. The topological polar surface area (TPSA) is 75.1 Å². The molecule has 1 aromatic heterocycles. The van der Waals surface area contributed by atoms with Gasteiger partial charge in [-0.3, -0.25) is 4.98 Å². The highest BCUT2D eigenvalue weighted by Gasteiger charge is 2.24. The molecule has 1 heterocycles. The fourth-order valence-electron chi connectivity index (χ4n) is 2.33. The molecule has 1 aliphatic carbocycles. The number of aromatic nitrogens is 2. The number of hydrogen-bond acceptors (Lipinski definition) is 4. The second-order valence-corrected chi connectivity index (χ2v) is 4.58. The Kier molecular flexibility index (Phi) is 2.87. The van der Waals surface area contributed by atoms with E-state index < -0.39 is 5.97 Å². The molecule has 0 amide bonds. The molecule has 0 fully saturated rings. The van der Waals surface area contributed by atoms with E-state index in [0.717, 1.165) is 13.0 Å². The number of benzene rings is 1. The van der Waals surface area contributed by atoms with Crippen LogP contribution >= 0.6 is 0 Å². The third kappa shape index (κ3) is 2.27. The highest BCUT2D eigenvalue weighted by molar-refractivity contribution is 5.85. The SMILES string of the molecule is O=C(O)c1cncc(NCC2Cc3ccccc32)n1. The smallest absolute Gasteiger partial charge is 0.356 e. The van der Waals surface area contributed by atoms with Gasteiger partial charge < -0.3 is 10.4 Å². The lowest BCUT2D eigenvalue weighted by Gasteiger charge is -2.30. The van der Waals surface area contributed by atoms with E-state index in [-0.39, 0.29) is 5.69 Å². The van der Waals surface area contributed by atoms with Crippen molar-refractivity contribution in [1.82, 2.24) is 9.97 Å². The molecule has 1 aromatic carbocycles. The van der Waals surface area contributed by atoms with Gasteiger partial charge in [-0.15, -0.1) is 0 Å². The summed E-state index contributed by atoms with van der Waals surface area (Å²) in [6, 6.07) is 8.35. The van der Waals surface area contributed by atoms with Crippen LogP contribution in [0.2, 0.25) is 0 Å². The number of fused-ring (bicyclic) bond motifs is 1. The predicted octanol–water partition coefficient (Wildman–Crippen LogP) is 1.93. The molecule has 5 nitrogen and oxygen atoms in total. The number of carboxylic acids is 1. The fraction of sp³-hybridized carbons (Fsp3) is 0.214. The van der Waals surface area contributed by atoms with Gasteiger partial charge in [-0.2, -0.15) is 0 Å². The number of hydrogen-bond donors (Lipinski definition) is 2. The van der Waals surface area contributed by atoms with Crippen LogP contribution < -0.4 is 5.32 Å². The minimum atomic E-state index is -1.06. The Labute approximate surface area is 110 Å². The number of nitrogens with zero attached hydrogens (tertiary/aromatic N) is 2. The summed E-state index contributed by atoms with van der Waals surface area (Å²) in [5.41, 5.74) is 2.70. The van der Waals surface area contributed by atoms with Crippen LogP contribution in [0.1, 0.15) is 27.5 Å². The maximum Gasteiger partial charge on any atom is 0.356 e. The number of aromatic carboxylic acids is 1. The van der Waals surface area contributed by atoms with Crippen LogP contribution in [0.3, 0.4) is 0 Å². The van der Waals surface area contributed by atoms with Gasteiger partial charge in [0.05, 0.1) is 12.4 Å². The van der Waals surface area contributed by atoms with Crippen LogP contribution in [-0.2, 0) is 6.42 Å². The Hall–Kier alpha value is -2.43. The average molecular weight is 255 g/mol. The molecule has 0 bridgehead atoms. The van der Waals surface area contributed by atoms with E-state index in [1.165, 1.54) is 23.5 Å². The van der Waals surface area contributed by atoms with E-state index in [1.807, 2.05) is 12.1 Å². The molecular weight excluding hydrogens is 242 g/mol. The summed E-state index contributed by atoms with van der Waals surface area (Å²) in [4.78, 5) is 18.6. The number of carbonyl (C=O) groups is 1. The molecule has 0 aliphatic heterocycles. The van der Waals surface area contributed by atoms with Crippen molar-refractivity contribution < 1.29 is 9.90 Å². The molecule has 0 saturated heterocycles. The van der Waals surface area contributed by atoms with Crippen molar-refractivity contribution in [2.45, 2.75) is 12.3 Å². The van der Waals surface area contributed by atoms with Crippen molar-refractivity contribution in [1.29, 1.82) is 0 Å². The molecule has 0 spiro atoms. The molecule has 2 aromatic rings. The van der Waals surface area contributed by atoms with E-state index in [0.29, 0.717) is 11.7 Å². The van der Waals surface area contributed by atoms with Crippen LogP contribution in [0.15, 0.2) is 36.7 Å². The van der Waals surface area contributed by atoms with Crippen molar-refractivity contribution in [3.63, 3.8) is 0 Å². The zero-order valence-electron chi connectivity index (χ0n) is 10.2. The van der Waals surface area contributed by atoms with E-state index >= 15 is 0 Å². The van der Waals surface area contributed by atoms with E-state index in [4.69, 9.17) is 5.11 Å². The Bertz CT molecular complexity index is 628. The summed E-state index contributed by atoms with van der Waals surface area (Å²) in [6.07, 6.45) is 3.83. The standard InChI is InChI=1S/C14H13N3O2/c18-14(19)12-7-15-8-13(17-12)16-6-10-5-9-3-1-2-4-11(9)10/h1-4,7-8,10H,5-6H2,(H,16,17)(H,18,19). The lowest BCUT2D eigenvalue weighted by atomic mass is 9.78. The molecule has 1 atom stereocenters. The lowest BCUT2D eigenvalue weighted by Crippen LogP contribution is -2.24. The summed E-state index contributed by atoms with van der Waals surface area (Å²) in [6.45, 7) is 0.745. The summed E-state index contributed by atoms with van der Waals surface area (Å²) in [5.74, 6) is -0.0964. The average Bonchev–Trinajstić information content (AvgIpc) is 2.40. The molecule has 2 N–H and O–H groups in total. The van der Waals surface area contributed by atoms with E-state index in [2.05, 4.69) is 27.4 Å². The van der Waals surface area contributed by atoms with Crippen LogP contribution in [-0.4, -0.2) is 27.6 Å². The zero-order chi connectivity index (χ0) is 13.2. The van der Waals surface area contributed by atoms with Crippen molar-refractivity contribution in [2.24, 2.45) is 0 Å². The molecule has 96 valence electrons. The van der Waals surface area contributed by atoms with Crippen molar-refractivity contribution >= 4 is 11.8 Å². The first-order valence-electron chi connectivity index (χ1n) is 6.11. The minimum absolute atomic E-state index is 0.0426. The highest BCUT2D eigenvalue weighted by atomic mass is 16.4. The monoisotopic (exact) mass is 255 g/mol. The Morgan fingerprint density at radius 1 is 1.37 bits per heavy atom. The van der Waals surface area contributed by atoms with Gasteiger partial charge in [-0.1, -0.05) is 24.3 Å². The number of rotatable bonds is 4. The predicted molar refractivity (Wildman–Crippen MR) is 70.4 cm³/mol. The largest absolute Gasteiger partial charge is 0.476 e. The maximum atomic E-state index is 10.8. The van der Waals surface area contributed by atoms with Crippen molar-refractivity contribution in [3.8, 4) is 0 Å². The minimum Gasteiger partial charge on any atom is -0.476 e. The molecule has 5 heteroatoms. The molecule has 0 radical (unpaired) electrons. The summed E-state index contributed by atoms with van der Waals surface area (Å²) in [5, 5.41) is 12.0. The van der Waals surface area contributed by atoms with Crippen molar-refractivity contribution in [2.75, 3.05) is 11.9 Å². The van der Waals surface area contributed by atoms with Gasteiger partial charge in [0, 0.05) is 12.5 Å². The summed E-state index contributed by atoms with van der Waals surface area (Å²) >= 11 is 0. The molecule has 3 rings (SSSR count). The first-order chi connectivity index (χ1) is 9.24. The second-order valence-electron chi connectivity index (χ2n) is 4.58. The number of anilines is 1. The van der Waals surface area contributed by atoms with Gasteiger partial charge in [0.1, 0.15) is 5.82 Å². The molecule has 1 aliphatic rings. The van der Waals surface area contributed by atoms with E-state index in [9.17, 15) is 4.79 Å². The molecule has 19 heavy (non-hydrogen) atoms. The first kappa shape index (κ1) is 11.6. The Morgan fingerprint density at radius 2 is 2.21 bits per heavy atom. The van der Waals surface area contributed by atoms with Gasteiger partial charge in [0.15, 0.2) is 5.69 Å². The van der Waals surface area contributed by atoms with Crippen molar-refractivity contribution in [3.05, 3.63) is 53.5 Å².